The van der Waals surface area contributed by atoms with Gasteiger partial charge in [0.15, 0.2) is 0 Å². The van der Waals surface area contributed by atoms with Crippen molar-refractivity contribution in [3.8, 4) is 0 Å². The monoisotopic (exact) mass is 480 g/mol. The van der Waals surface area contributed by atoms with E-state index in [1.807, 2.05) is 0 Å². The summed E-state index contributed by atoms with van der Waals surface area (Å²) in [6.45, 7) is 0. The molecule has 27 heavy (non-hydrogen) atoms. The van der Waals surface area contributed by atoms with Crippen molar-refractivity contribution in [2.24, 2.45) is 0 Å². The Morgan fingerprint density at radius 3 is 0.481 bits per heavy atom. The van der Waals surface area contributed by atoms with Crippen molar-refractivity contribution >= 4 is 37.7 Å². The maximum absolute atomic E-state index is 12.8. The average Bonchev–Trinajstić information content (AvgIpc) is 2.34. The normalized spacial score (nSPS) is 16.2. The molecule has 0 bridgehead atoms. The van der Waals surface area contributed by atoms with Gasteiger partial charge in [-0.2, -0.15) is 79.0 Å². The standard InChI is InChI=1S/C8F18.Ca.2H/c9-1(10,3(13,14)5(17,18)7(21,22)23)2(11,12)4(15,16)6(19,20)8(24,25)26;;;/q;+2;2*-1. The first kappa shape index (κ1) is 29.2. The first-order chi connectivity index (χ1) is 10.8. The molecule has 0 aliphatic carbocycles. The molecule has 0 heterocycles. The van der Waals surface area contributed by atoms with Crippen LogP contribution in [0.1, 0.15) is 2.85 Å². The van der Waals surface area contributed by atoms with E-state index in [9.17, 15) is 79.0 Å². The van der Waals surface area contributed by atoms with Crippen molar-refractivity contribution in [2.75, 3.05) is 0 Å². The van der Waals surface area contributed by atoms with Gasteiger partial charge in [-0.3, -0.25) is 0 Å². The largest absolute Gasteiger partial charge is 2.00 e. The molecule has 0 rings (SSSR count). The number of hydrogen-bond acceptors (Lipinski definition) is 0. The van der Waals surface area contributed by atoms with E-state index in [0.717, 1.165) is 0 Å². The Balaban J connectivity index is -0.00000104. The third-order valence-corrected chi connectivity index (χ3v) is 2.68. The summed E-state index contributed by atoms with van der Waals surface area (Å²) in [6, 6.07) is 0. The van der Waals surface area contributed by atoms with Crippen LogP contribution < -0.4 is 0 Å². The first-order valence-corrected chi connectivity index (χ1v) is 5.15. The molecule has 162 valence electrons. The zero-order valence-corrected chi connectivity index (χ0v) is 13.7. The summed E-state index contributed by atoms with van der Waals surface area (Å²) in [5, 5.41) is 0. The molecule has 0 amide bonds. The number of alkyl halides is 18. The molecule has 0 radical (unpaired) electrons. The molecule has 0 aromatic heterocycles. The maximum atomic E-state index is 12.8. The van der Waals surface area contributed by atoms with Crippen molar-refractivity contribution in [1.29, 1.82) is 0 Å². The van der Waals surface area contributed by atoms with Crippen LogP contribution in [0.4, 0.5) is 79.0 Å². The van der Waals surface area contributed by atoms with Gasteiger partial charge in [0.2, 0.25) is 0 Å². The fourth-order valence-electron chi connectivity index (χ4n) is 1.14. The van der Waals surface area contributed by atoms with Crippen LogP contribution in [0.15, 0.2) is 0 Å². The topological polar surface area (TPSA) is 0 Å². The van der Waals surface area contributed by atoms with Crippen LogP contribution in [0.5, 0.6) is 0 Å². The van der Waals surface area contributed by atoms with Crippen LogP contribution >= 0.6 is 0 Å². The summed E-state index contributed by atoms with van der Waals surface area (Å²) in [4.78, 5) is 0. The van der Waals surface area contributed by atoms with Gasteiger partial charge in [0.05, 0.1) is 0 Å². The third-order valence-electron chi connectivity index (χ3n) is 2.68. The fraction of sp³-hybridized carbons (Fsp3) is 1.00. The van der Waals surface area contributed by atoms with Crippen LogP contribution in [0, 0.1) is 0 Å². The molecule has 0 saturated carbocycles. The Kier molecular flexibility index (Phi) is 7.63. The minimum absolute atomic E-state index is 0. The maximum Gasteiger partial charge on any atom is 2.00 e. The molecule has 0 aliphatic rings. The van der Waals surface area contributed by atoms with Crippen molar-refractivity contribution in [3.63, 3.8) is 0 Å². The van der Waals surface area contributed by atoms with E-state index in [1.165, 1.54) is 0 Å². The smallest absolute Gasteiger partial charge is 1.00 e. The summed E-state index contributed by atoms with van der Waals surface area (Å²) in [6.07, 6.45) is -15.6. The predicted octanol–water partition coefficient (Wildman–Crippen LogP) is 5.77. The van der Waals surface area contributed by atoms with Gasteiger partial charge in [-0.1, -0.05) is 0 Å². The van der Waals surface area contributed by atoms with Crippen LogP contribution in [0.3, 0.4) is 0 Å². The number of hydrogen-bond donors (Lipinski definition) is 0. The summed E-state index contributed by atoms with van der Waals surface area (Å²) in [5.41, 5.74) is 0. The minimum Gasteiger partial charge on any atom is -1.00 e. The van der Waals surface area contributed by atoms with Crippen LogP contribution in [0.2, 0.25) is 0 Å². The minimum atomic E-state index is -8.72. The second kappa shape index (κ2) is 7.05. The van der Waals surface area contributed by atoms with Gasteiger partial charge in [-0.05, 0) is 0 Å². The molecule has 0 atom stereocenters. The van der Waals surface area contributed by atoms with E-state index >= 15 is 0 Å². The van der Waals surface area contributed by atoms with E-state index in [4.69, 9.17) is 0 Å². The summed E-state index contributed by atoms with van der Waals surface area (Å²) < 4.78 is 221. The van der Waals surface area contributed by atoms with Crippen molar-refractivity contribution in [3.05, 3.63) is 0 Å². The van der Waals surface area contributed by atoms with E-state index in [2.05, 4.69) is 0 Å². The van der Waals surface area contributed by atoms with Gasteiger partial charge in [-0.25, -0.2) is 0 Å². The van der Waals surface area contributed by atoms with E-state index in [1.54, 1.807) is 0 Å². The van der Waals surface area contributed by atoms with E-state index < -0.39 is 47.9 Å². The van der Waals surface area contributed by atoms with E-state index in [0.29, 0.717) is 0 Å². The number of rotatable bonds is 5. The SMILES string of the molecule is FC(F)(F)C(F)(F)C(F)(F)C(F)(F)C(F)(F)C(F)(F)C(F)(F)C(F)(F)F.[Ca+2].[H-].[H-]. The summed E-state index contributed by atoms with van der Waals surface area (Å²) >= 11 is 0. The molecular weight excluding hydrogens is 478 g/mol. The Hall–Kier alpha value is -0.000260. The molecule has 0 saturated heterocycles. The molecular formula is C8H2CaF18. The Bertz CT molecular complexity index is 485. The van der Waals surface area contributed by atoms with Crippen molar-refractivity contribution in [2.45, 2.75) is 47.9 Å². The van der Waals surface area contributed by atoms with Crippen LogP contribution in [0.25, 0.3) is 0 Å². The second-order valence-electron chi connectivity index (χ2n) is 4.44. The van der Waals surface area contributed by atoms with Gasteiger partial charge in [0.1, 0.15) is 0 Å². The Morgan fingerprint density at radius 2 is 0.370 bits per heavy atom. The number of halogens is 18. The molecule has 19 heteroatoms. The molecule has 0 N–H and O–H groups in total. The van der Waals surface area contributed by atoms with Crippen molar-refractivity contribution < 1.29 is 81.9 Å². The van der Waals surface area contributed by atoms with Gasteiger partial charge in [0.25, 0.3) is 0 Å². The van der Waals surface area contributed by atoms with Gasteiger partial charge in [-0.15, -0.1) is 0 Å². The summed E-state index contributed by atoms with van der Waals surface area (Å²) in [7, 11) is 0. The molecule has 0 spiro atoms. The van der Waals surface area contributed by atoms with Gasteiger partial charge in [0, 0.05) is 0 Å². The molecule has 0 nitrogen and oxygen atoms in total. The van der Waals surface area contributed by atoms with Crippen LogP contribution in [-0.4, -0.2) is 85.6 Å². The third kappa shape index (κ3) is 3.77. The molecule has 0 aromatic rings. The zero-order valence-electron chi connectivity index (χ0n) is 13.5. The zero-order chi connectivity index (χ0) is 22.0. The van der Waals surface area contributed by atoms with Gasteiger partial charge < -0.3 is 2.85 Å². The molecule has 0 aromatic carbocycles. The first-order valence-electron chi connectivity index (χ1n) is 5.15. The fourth-order valence-corrected chi connectivity index (χ4v) is 1.14. The molecule has 0 unspecified atom stereocenters. The van der Waals surface area contributed by atoms with Crippen LogP contribution in [-0.2, 0) is 0 Å². The summed E-state index contributed by atoms with van der Waals surface area (Å²) in [5.74, 6) is -51.0. The second-order valence-corrected chi connectivity index (χ2v) is 4.44. The van der Waals surface area contributed by atoms with Crippen molar-refractivity contribution in [1.82, 2.24) is 0 Å². The molecule has 0 aliphatic heterocycles. The quantitative estimate of drug-likeness (QED) is 0.347. The van der Waals surface area contributed by atoms with E-state index in [-0.39, 0.29) is 40.6 Å². The Morgan fingerprint density at radius 1 is 0.259 bits per heavy atom. The predicted molar refractivity (Wildman–Crippen MR) is 49.8 cm³/mol. The molecule has 0 fully saturated rings. The van der Waals surface area contributed by atoms with Gasteiger partial charge >= 0.3 is 85.6 Å². The Labute approximate surface area is 167 Å². The average molecular weight is 480 g/mol.